The van der Waals surface area contributed by atoms with Gasteiger partial charge in [0, 0.05) is 12.1 Å². The minimum Gasteiger partial charge on any atom is -0.394 e. The van der Waals surface area contributed by atoms with Gasteiger partial charge in [-0.3, -0.25) is 0 Å². The molecule has 0 amide bonds. The average Bonchev–Trinajstić information content (AvgIpc) is 2.04. The molecular formula is C10H24N2O. The molecule has 0 heterocycles. The first kappa shape index (κ1) is 12.9. The fraction of sp³-hybridized carbons (Fsp3) is 1.00. The molecule has 0 aliphatic carbocycles. The molecule has 3 nitrogen and oxygen atoms in total. The summed E-state index contributed by atoms with van der Waals surface area (Å²) in [6.07, 6.45) is 3.73. The van der Waals surface area contributed by atoms with Crippen LogP contribution in [0.5, 0.6) is 0 Å². The van der Waals surface area contributed by atoms with Crippen molar-refractivity contribution < 1.29 is 5.11 Å². The van der Waals surface area contributed by atoms with Gasteiger partial charge in [-0.25, -0.2) is 0 Å². The number of nitrogens with two attached hydrogens (primary N) is 1. The normalized spacial score (nSPS) is 16.2. The maximum Gasteiger partial charge on any atom is 0.0621 e. The van der Waals surface area contributed by atoms with Gasteiger partial charge < -0.3 is 15.7 Å². The summed E-state index contributed by atoms with van der Waals surface area (Å²) in [6, 6.07) is 0. The van der Waals surface area contributed by atoms with Crippen LogP contribution in [0.25, 0.3) is 0 Å². The zero-order chi connectivity index (χ0) is 10.3. The summed E-state index contributed by atoms with van der Waals surface area (Å²) < 4.78 is 0. The van der Waals surface area contributed by atoms with E-state index in [-0.39, 0.29) is 6.61 Å². The van der Waals surface area contributed by atoms with E-state index in [0.717, 1.165) is 13.1 Å². The maximum atomic E-state index is 8.96. The number of hydrogen-bond donors (Lipinski definition) is 2. The molecule has 80 valence electrons. The van der Waals surface area contributed by atoms with Gasteiger partial charge in [-0.05, 0) is 26.9 Å². The van der Waals surface area contributed by atoms with Crippen LogP contribution in [0.3, 0.4) is 0 Å². The standard InChI is InChI=1S/C10H24N2O/c1-4-5-6-7-12(3)8-10(2,11)9-13/h13H,4-9,11H2,1-3H3. The van der Waals surface area contributed by atoms with Crippen molar-refractivity contribution in [3.63, 3.8) is 0 Å². The molecule has 3 N–H and O–H groups in total. The van der Waals surface area contributed by atoms with Crippen LogP contribution >= 0.6 is 0 Å². The van der Waals surface area contributed by atoms with E-state index >= 15 is 0 Å². The van der Waals surface area contributed by atoms with E-state index in [1.165, 1.54) is 19.3 Å². The minimum atomic E-state index is -0.457. The Labute approximate surface area is 81.9 Å². The number of aliphatic hydroxyl groups excluding tert-OH is 1. The van der Waals surface area contributed by atoms with E-state index in [2.05, 4.69) is 18.9 Å². The molecule has 3 heteroatoms. The fourth-order valence-electron chi connectivity index (χ4n) is 1.38. The van der Waals surface area contributed by atoms with Crippen molar-refractivity contribution in [2.24, 2.45) is 5.73 Å². The van der Waals surface area contributed by atoms with Gasteiger partial charge in [-0.1, -0.05) is 19.8 Å². The van der Waals surface area contributed by atoms with E-state index in [1.54, 1.807) is 0 Å². The van der Waals surface area contributed by atoms with Crippen LogP contribution in [0, 0.1) is 0 Å². The Morgan fingerprint density at radius 2 is 2.00 bits per heavy atom. The van der Waals surface area contributed by atoms with Crippen LogP contribution in [0.1, 0.15) is 33.1 Å². The van der Waals surface area contributed by atoms with Crippen LogP contribution in [-0.4, -0.2) is 42.3 Å². The highest BCUT2D eigenvalue weighted by Crippen LogP contribution is 2.02. The van der Waals surface area contributed by atoms with Gasteiger partial charge >= 0.3 is 0 Å². The first-order valence-electron chi connectivity index (χ1n) is 5.10. The Hall–Kier alpha value is -0.120. The van der Waals surface area contributed by atoms with Crippen LogP contribution in [0.15, 0.2) is 0 Å². The fourth-order valence-corrected chi connectivity index (χ4v) is 1.38. The van der Waals surface area contributed by atoms with Crippen molar-refractivity contribution in [2.45, 2.75) is 38.6 Å². The minimum absolute atomic E-state index is 0.0467. The van der Waals surface area contributed by atoms with Crippen LogP contribution < -0.4 is 5.73 Å². The van der Waals surface area contributed by atoms with Gasteiger partial charge in [-0.15, -0.1) is 0 Å². The van der Waals surface area contributed by atoms with Crippen molar-refractivity contribution in [1.29, 1.82) is 0 Å². The molecule has 0 aromatic heterocycles. The highest BCUT2D eigenvalue weighted by atomic mass is 16.3. The average molecular weight is 188 g/mol. The topological polar surface area (TPSA) is 49.5 Å². The summed E-state index contributed by atoms with van der Waals surface area (Å²) in [5.41, 5.74) is 5.37. The number of likely N-dealkylation sites (N-methyl/N-ethyl adjacent to an activating group) is 1. The number of nitrogens with zero attached hydrogens (tertiary/aromatic N) is 1. The summed E-state index contributed by atoms with van der Waals surface area (Å²) >= 11 is 0. The summed E-state index contributed by atoms with van der Waals surface area (Å²) in [7, 11) is 2.05. The van der Waals surface area contributed by atoms with E-state index in [1.807, 2.05) is 6.92 Å². The lowest BCUT2D eigenvalue weighted by Gasteiger charge is -2.28. The smallest absolute Gasteiger partial charge is 0.0621 e. The van der Waals surface area contributed by atoms with E-state index in [0.29, 0.717) is 0 Å². The Morgan fingerprint density at radius 3 is 2.46 bits per heavy atom. The number of rotatable bonds is 7. The molecule has 0 aliphatic rings. The molecule has 1 atom stereocenters. The van der Waals surface area contributed by atoms with Gasteiger partial charge in [0.25, 0.3) is 0 Å². The monoisotopic (exact) mass is 188 g/mol. The Kier molecular flexibility index (Phi) is 6.29. The molecule has 0 aliphatic heterocycles. The second-order valence-electron chi connectivity index (χ2n) is 4.26. The lowest BCUT2D eigenvalue weighted by atomic mass is 10.1. The lowest BCUT2D eigenvalue weighted by Crippen LogP contribution is -2.49. The van der Waals surface area contributed by atoms with Gasteiger partial charge in [-0.2, -0.15) is 0 Å². The van der Waals surface area contributed by atoms with Gasteiger partial charge in [0.15, 0.2) is 0 Å². The van der Waals surface area contributed by atoms with E-state index < -0.39 is 5.54 Å². The molecule has 0 fully saturated rings. The third-order valence-electron chi connectivity index (χ3n) is 2.14. The molecule has 0 radical (unpaired) electrons. The summed E-state index contributed by atoms with van der Waals surface area (Å²) in [5, 5.41) is 8.96. The number of hydrogen-bond acceptors (Lipinski definition) is 3. The molecule has 0 aromatic carbocycles. The third kappa shape index (κ3) is 6.99. The number of unbranched alkanes of at least 4 members (excludes halogenated alkanes) is 2. The van der Waals surface area contributed by atoms with Crippen molar-refractivity contribution in [3.05, 3.63) is 0 Å². The first-order valence-corrected chi connectivity index (χ1v) is 5.10. The zero-order valence-corrected chi connectivity index (χ0v) is 9.21. The zero-order valence-electron chi connectivity index (χ0n) is 9.21. The Bertz CT molecular complexity index is 126. The predicted octanol–water partition coefficient (Wildman–Crippen LogP) is 0.818. The summed E-state index contributed by atoms with van der Waals surface area (Å²) in [4.78, 5) is 2.19. The maximum absolute atomic E-state index is 8.96. The highest BCUT2D eigenvalue weighted by Gasteiger charge is 2.18. The van der Waals surface area contributed by atoms with Crippen LogP contribution in [0.4, 0.5) is 0 Å². The van der Waals surface area contributed by atoms with Crippen LogP contribution in [0.2, 0.25) is 0 Å². The molecule has 0 aromatic rings. The quantitative estimate of drug-likeness (QED) is 0.582. The van der Waals surface area contributed by atoms with E-state index in [9.17, 15) is 0 Å². The van der Waals surface area contributed by atoms with Crippen molar-refractivity contribution in [1.82, 2.24) is 4.90 Å². The first-order chi connectivity index (χ1) is 6.02. The highest BCUT2D eigenvalue weighted by molar-refractivity contribution is 4.80. The van der Waals surface area contributed by atoms with E-state index in [4.69, 9.17) is 10.8 Å². The largest absolute Gasteiger partial charge is 0.394 e. The SMILES string of the molecule is CCCCCN(C)CC(C)(N)CO. The van der Waals surface area contributed by atoms with Gasteiger partial charge in [0.1, 0.15) is 0 Å². The third-order valence-corrected chi connectivity index (χ3v) is 2.14. The molecule has 1 unspecified atom stereocenters. The van der Waals surface area contributed by atoms with Crippen molar-refractivity contribution in [2.75, 3.05) is 26.7 Å². The predicted molar refractivity (Wildman–Crippen MR) is 56.7 cm³/mol. The second kappa shape index (κ2) is 6.35. The Balaban J connectivity index is 3.55. The lowest BCUT2D eigenvalue weighted by molar-refractivity contribution is 0.162. The molecule has 0 spiro atoms. The molecule has 0 rings (SSSR count). The van der Waals surface area contributed by atoms with Gasteiger partial charge in [0.2, 0.25) is 0 Å². The molecule has 0 bridgehead atoms. The molecular weight excluding hydrogens is 164 g/mol. The van der Waals surface area contributed by atoms with Crippen molar-refractivity contribution >= 4 is 0 Å². The molecule has 0 saturated heterocycles. The van der Waals surface area contributed by atoms with Crippen molar-refractivity contribution in [3.8, 4) is 0 Å². The summed E-state index contributed by atoms with van der Waals surface area (Å²) in [5.74, 6) is 0. The Morgan fingerprint density at radius 1 is 1.38 bits per heavy atom. The molecule has 13 heavy (non-hydrogen) atoms. The van der Waals surface area contributed by atoms with Crippen LogP contribution in [-0.2, 0) is 0 Å². The second-order valence-corrected chi connectivity index (χ2v) is 4.26. The number of aliphatic hydroxyl groups is 1. The molecule has 0 saturated carbocycles. The summed E-state index contributed by atoms with van der Waals surface area (Å²) in [6.45, 7) is 5.95. The van der Waals surface area contributed by atoms with Gasteiger partial charge in [0.05, 0.1) is 6.61 Å².